The summed E-state index contributed by atoms with van der Waals surface area (Å²) in [6.45, 7) is 0.737. The standard InChI is InChI=1S/C18H16O2S/c19-17(15-11-21-16-9-2-1-7-13(15)16)14-8-3-5-12-6-4-10-20-18(12)14/h1-3,5,7-9,11,17,19H,4,6,10H2. The maximum absolute atomic E-state index is 10.9. The van der Waals surface area contributed by atoms with Gasteiger partial charge in [0.05, 0.1) is 6.61 Å². The number of hydrogen-bond acceptors (Lipinski definition) is 3. The summed E-state index contributed by atoms with van der Waals surface area (Å²) in [5.41, 5.74) is 3.06. The number of benzene rings is 2. The molecule has 1 N–H and O–H groups in total. The van der Waals surface area contributed by atoms with Gasteiger partial charge in [0.25, 0.3) is 0 Å². The predicted molar refractivity (Wildman–Crippen MR) is 86.1 cm³/mol. The zero-order valence-corrected chi connectivity index (χ0v) is 12.4. The van der Waals surface area contributed by atoms with E-state index in [4.69, 9.17) is 4.74 Å². The van der Waals surface area contributed by atoms with Crippen molar-refractivity contribution in [2.45, 2.75) is 18.9 Å². The Morgan fingerprint density at radius 2 is 1.95 bits per heavy atom. The van der Waals surface area contributed by atoms with E-state index in [-0.39, 0.29) is 0 Å². The van der Waals surface area contributed by atoms with Gasteiger partial charge in [-0.2, -0.15) is 0 Å². The lowest BCUT2D eigenvalue weighted by molar-refractivity contribution is 0.208. The third kappa shape index (κ3) is 2.13. The Labute approximate surface area is 127 Å². The molecule has 1 aliphatic rings. The summed E-state index contributed by atoms with van der Waals surface area (Å²) in [5, 5.41) is 14.0. The van der Waals surface area contributed by atoms with Crippen molar-refractivity contribution in [1.29, 1.82) is 0 Å². The molecule has 4 rings (SSSR count). The normalized spacial score (nSPS) is 15.5. The number of aliphatic hydroxyl groups is 1. The first-order chi connectivity index (χ1) is 10.3. The number of fused-ring (bicyclic) bond motifs is 2. The van der Waals surface area contributed by atoms with Crippen LogP contribution in [-0.4, -0.2) is 11.7 Å². The van der Waals surface area contributed by atoms with Crippen molar-refractivity contribution in [1.82, 2.24) is 0 Å². The molecule has 0 saturated carbocycles. The van der Waals surface area contributed by atoms with Crippen molar-refractivity contribution in [2.75, 3.05) is 6.61 Å². The molecule has 2 heterocycles. The van der Waals surface area contributed by atoms with Crippen LogP contribution in [0.1, 0.15) is 29.2 Å². The van der Waals surface area contributed by atoms with Gasteiger partial charge in [0.2, 0.25) is 0 Å². The Kier molecular flexibility index (Phi) is 3.17. The number of ether oxygens (including phenoxy) is 1. The Hall–Kier alpha value is -1.84. The monoisotopic (exact) mass is 296 g/mol. The number of thiophene rings is 1. The second-order valence-electron chi connectivity index (χ2n) is 5.38. The Balaban J connectivity index is 1.83. The molecule has 0 radical (unpaired) electrons. The molecule has 0 amide bonds. The van der Waals surface area contributed by atoms with Crippen molar-refractivity contribution in [3.05, 3.63) is 64.5 Å². The molecule has 0 bridgehead atoms. The van der Waals surface area contributed by atoms with E-state index in [1.807, 2.05) is 24.3 Å². The molecule has 3 aromatic rings. The molecule has 0 saturated heterocycles. The van der Waals surface area contributed by atoms with Crippen LogP contribution < -0.4 is 4.74 Å². The minimum absolute atomic E-state index is 0.630. The van der Waals surface area contributed by atoms with E-state index in [1.54, 1.807) is 11.3 Å². The van der Waals surface area contributed by atoms with Crippen molar-refractivity contribution in [3.8, 4) is 5.75 Å². The van der Waals surface area contributed by atoms with Gasteiger partial charge in [-0.25, -0.2) is 0 Å². The molecule has 2 nitrogen and oxygen atoms in total. The van der Waals surface area contributed by atoms with Crippen LogP contribution in [-0.2, 0) is 6.42 Å². The Bertz CT molecular complexity index is 791. The lowest BCUT2D eigenvalue weighted by Gasteiger charge is -2.22. The number of aryl methyl sites for hydroxylation is 1. The summed E-state index contributed by atoms with van der Waals surface area (Å²) < 4.78 is 7.04. The van der Waals surface area contributed by atoms with Crippen LogP contribution in [0, 0.1) is 0 Å². The summed E-state index contributed by atoms with van der Waals surface area (Å²) in [6, 6.07) is 14.3. The summed E-state index contributed by atoms with van der Waals surface area (Å²) in [4.78, 5) is 0. The molecular weight excluding hydrogens is 280 g/mol. The molecule has 0 fully saturated rings. The average molecular weight is 296 g/mol. The fourth-order valence-electron chi connectivity index (χ4n) is 3.01. The molecule has 1 aromatic heterocycles. The third-order valence-corrected chi connectivity index (χ3v) is 5.05. The van der Waals surface area contributed by atoms with Gasteiger partial charge in [0.1, 0.15) is 11.9 Å². The average Bonchev–Trinajstić information content (AvgIpc) is 2.98. The van der Waals surface area contributed by atoms with Crippen LogP contribution in [0.25, 0.3) is 10.1 Å². The number of hydrogen-bond donors (Lipinski definition) is 1. The molecule has 106 valence electrons. The van der Waals surface area contributed by atoms with Gasteiger partial charge >= 0.3 is 0 Å². The Morgan fingerprint density at radius 1 is 1.05 bits per heavy atom. The first kappa shape index (κ1) is 12.9. The lowest BCUT2D eigenvalue weighted by Crippen LogP contribution is -2.12. The van der Waals surface area contributed by atoms with Crippen LogP contribution in [0.5, 0.6) is 5.75 Å². The van der Waals surface area contributed by atoms with Crippen molar-refractivity contribution in [2.24, 2.45) is 0 Å². The maximum Gasteiger partial charge on any atom is 0.128 e. The fraction of sp³-hybridized carbons (Fsp3) is 0.222. The van der Waals surface area contributed by atoms with Crippen LogP contribution in [0.15, 0.2) is 47.8 Å². The molecule has 3 heteroatoms. The van der Waals surface area contributed by atoms with E-state index in [0.717, 1.165) is 41.7 Å². The van der Waals surface area contributed by atoms with Gasteiger partial charge in [-0.05, 0) is 35.2 Å². The van der Waals surface area contributed by atoms with E-state index < -0.39 is 6.10 Å². The molecule has 0 spiro atoms. The van der Waals surface area contributed by atoms with E-state index in [2.05, 4.69) is 23.6 Å². The van der Waals surface area contributed by atoms with Gasteiger partial charge in [-0.3, -0.25) is 0 Å². The minimum Gasteiger partial charge on any atom is -0.493 e. The second kappa shape index (κ2) is 5.17. The highest BCUT2D eigenvalue weighted by Gasteiger charge is 2.22. The first-order valence-electron chi connectivity index (χ1n) is 7.23. The van der Waals surface area contributed by atoms with Crippen LogP contribution in [0.4, 0.5) is 0 Å². The maximum atomic E-state index is 10.9. The Morgan fingerprint density at radius 3 is 2.90 bits per heavy atom. The summed E-state index contributed by atoms with van der Waals surface area (Å²) in [5.74, 6) is 0.881. The quantitative estimate of drug-likeness (QED) is 0.763. The molecule has 1 atom stereocenters. The minimum atomic E-state index is -0.630. The van der Waals surface area contributed by atoms with E-state index in [9.17, 15) is 5.11 Å². The summed E-state index contributed by atoms with van der Waals surface area (Å²) in [6.07, 6.45) is 1.45. The first-order valence-corrected chi connectivity index (χ1v) is 8.11. The zero-order valence-electron chi connectivity index (χ0n) is 11.6. The largest absolute Gasteiger partial charge is 0.493 e. The number of rotatable bonds is 2. The highest BCUT2D eigenvalue weighted by molar-refractivity contribution is 7.17. The molecule has 21 heavy (non-hydrogen) atoms. The van der Waals surface area contributed by atoms with E-state index in [0.29, 0.717) is 0 Å². The van der Waals surface area contributed by atoms with Crippen molar-refractivity contribution >= 4 is 21.4 Å². The van der Waals surface area contributed by atoms with Gasteiger partial charge < -0.3 is 9.84 Å². The van der Waals surface area contributed by atoms with Gasteiger partial charge in [0, 0.05) is 15.8 Å². The highest BCUT2D eigenvalue weighted by atomic mass is 32.1. The predicted octanol–water partition coefficient (Wildman–Crippen LogP) is 4.31. The van der Waals surface area contributed by atoms with Crippen LogP contribution in [0.3, 0.4) is 0 Å². The lowest BCUT2D eigenvalue weighted by atomic mass is 9.95. The van der Waals surface area contributed by atoms with Gasteiger partial charge in [-0.15, -0.1) is 11.3 Å². The fourth-order valence-corrected chi connectivity index (χ4v) is 3.99. The molecule has 1 aliphatic heterocycles. The van der Waals surface area contributed by atoms with E-state index >= 15 is 0 Å². The van der Waals surface area contributed by atoms with Crippen molar-refractivity contribution < 1.29 is 9.84 Å². The number of para-hydroxylation sites is 1. The molecular formula is C18H16O2S. The molecule has 1 unspecified atom stereocenters. The molecule has 0 aliphatic carbocycles. The summed E-state index contributed by atoms with van der Waals surface area (Å²) in [7, 11) is 0. The van der Waals surface area contributed by atoms with E-state index in [1.165, 1.54) is 10.3 Å². The highest BCUT2D eigenvalue weighted by Crippen LogP contribution is 2.39. The van der Waals surface area contributed by atoms with Gasteiger partial charge in [-0.1, -0.05) is 36.4 Å². The third-order valence-electron chi connectivity index (χ3n) is 4.06. The number of aliphatic hydroxyl groups excluding tert-OH is 1. The van der Waals surface area contributed by atoms with Crippen LogP contribution in [0.2, 0.25) is 0 Å². The smallest absolute Gasteiger partial charge is 0.128 e. The summed E-state index contributed by atoms with van der Waals surface area (Å²) >= 11 is 1.67. The topological polar surface area (TPSA) is 29.5 Å². The second-order valence-corrected chi connectivity index (χ2v) is 6.29. The molecule has 2 aromatic carbocycles. The van der Waals surface area contributed by atoms with Gasteiger partial charge in [0.15, 0.2) is 0 Å². The zero-order chi connectivity index (χ0) is 14.2. The van der Waals surface area contributed by atoms with Crippen molar-refractivity contribution in [3.63, 3.8) is 0 Å². The van der Waals surface area contributed by atoms with Crippen LogP contribution >= 0.6 is 11.3 Å². The SMILES string of the molecule is OC(c1cccc2c1OCCC2)c1csc2ccccc12.